The number of aromatic nitrogens is 4. The van der Waals surface area contributed by atoms with Crippen LogP contribution in [0.4, 0.5) is 0 Å². The van der Waals surface area contributed by atoms with Gasteiger partial charge < -0.3 is 9.72 Å². The maximum atomic E-state index is 12.5. The number of aryl methyl sites for hydroxylation is 1. The molecule has 0 unspecified atom stereocenters. The molecule has 1 fully saturated rings. The maximum Gasteiger partial charge on any atom is 0.294 e. The molecular formula is C20H24N4O3. The molecule has 1 aliphatic heterocycles. The van der Waals surface area contributed by atoms with Crippen LogP contribution >= 0.6 is 0 Å². The first-order chi connectivity index (χ1) is 13.1. The third-order valence-corrected chi connectivity index (χ3v) is 5.34. The van der Waals surface area contributed by atoms with E-state index >= 15 is 0 Å². The van der Waals surface area contributed by atoms with Gasteiger partial charge in [0.05, 0.1) is 11.0 Å². The quantitative estimate of drug-likeness (QED) is 0.700. The fourth-order valence-corrected chi connectivity index (χ4v) is 3.78. The van der Waals surface area contributed by atoms with Gasteiger partial charge in [-0.1, -0.05) is 13.8 Å². The predicted octanol–water partition coefficient (Wildman–Crippen LogP) is 2.87. The van der Waals surface area contributed by atoms with E-state index in [1.54, 1.807) is 6.07 Å². The van der Waals surface area contributed by atoms with Crippen LogP contribution in [0.2, 0.25) is 0 Å². The second-order valence-corrected chi connectivity index (χ2v) is 7.68. The smallest absolute Gasteiger partial charge is 0.294 e. The molecule has 7 nitrogen and oxygen atoms in total. The van der Waals surface area contributed by atoms with Crippen LogP contribution in [-0.4, -0.2) is 39.1 Å². The van der Waals surface area contributed by atoms with Crippen molar-refractivity contribution in [3.63, 3.8) is 0 Å². The Morgan fingerprint density at radius 3 is 2.78 bits per heavy atom. The predicted molar refractivity (Wildman–Crippen MR) is 102 cm³/mol. The highest BCUT2D eigenvalue weighted by Gasteiger charge is 2.24. The molecule has 1 aromatic carbocycles. The molecule has 1 N–H and O–H groups in total. The molecule has 0 radical (unpaired) electrons. The molecular weight excluding hydrogens is 344 g/mol. The number of fused-ring (bicyclic) bond motifs is 3. The number of H-pyrrole nitrogens is 1. The topological polar surface area (TPSA) is 89.4 Å². The van der Waals surface area contributed by atoms with Crippen molar-refractivity contribution in [3.05, 3.63) is 39.4 Å². The molecule has 3 aromatic rings. The van der Waals surface area contributed by atoms with Gasteiger partial charge in [0, 0.05) is 24.7 Å². The summed E-state index contributed by atoms with van der Waals surface area (Å²) in [4.78, 5) is 26.9. The number of hydrogen-bond donors (Lipinski definition) is 1. The number of carbonyl (C=O) groups is 1. The average Bonchev–Trinajstić information content (AvgIpc) is 3.12. The summed E-state index contributed by atoms with van der Waals surface area (Å²) >= 11 is 0. The first-order valence-corrected chi connectivity index (χ1v) is 9.55. The van der Waals surface area contributed by atoms with Crippen LogP contribution in [0.1, 0.15) is 60.8 Å². The van der Waals surface area contributed by atoms with Crippen molar-refractivity contribution >= 4 is 23.0 Å². The van der Waals surface area contributed by atoms with Gasteiger partial charge in [-0.05, 0) is 49.3 Å². The Morgan fingerprint density at radius 1 is 1.30 bits per heavy atom. The average molecular weight is 368 g/mol. The number of carbonyl (C=O) groups excluding carboxylic acids is 1. The maximum absolute atomic E-state index is 12.5. The lowest BCUT2D eigenvalue weighted by Gasteiger charge is -2.21. The molecule has 4 rings (SSSR count). The van der Waals surface area contributed by atoms with E-state index in [1.807, 2.05) is 10.5 Å². The summed E-state index contributed by atoms with van der Waals surface area (Å²) in [5.41, 5.74) is 3.11. The molecule has 2 aromatic heterocycles. The second kappa shape index (κ2) is 7.23. The Bertz CT molecular complexity index is 1040. The molecule has 142 valence electrons. The van der Waals surface area contributed by atoms with Crippen molar-refractivity contribution in [3.8, 4) is 0 Å². The van der Waals surface area contributed by atoms with Crippen LogP contribution in [0.15, 0.2) is 16.9 Å². The summed E-state index contributed by atoms with van der Waals surface area (Å²) in [5.74, 6) is 1.56. The van der Waals surface area contributed by atoms with E-state index in [0.717, 1.165) is 48.9 Å². The lowest BCUT2D eigenvalue weighted by molar-refractivity contribution is 0.0834. The normalized spacial score (nSPS) is 15.8. The van der Waals surface area contributed by atoms with Crippen molar-refractivity contribution in [1.82, 2.24) is 19.6 Å². The molecule has 0 amide bonds. The largest absolute Gasteiger partial charge is 0.381 e. The molecule has 0 spiro atoms. The third kappa shape index (κ3) is 3.27. The van der Waals surface area contributed by atoms with Gasteiger partial charge in [0.2, 0.25) is 5.65 Å². The van der Waals surface area contributed by atoms with Crippen LogP contribution in [0.3, 0.4) is 0 Å². The van der Waals surface area contributed by atoms with Crippen molar-refractivity contribution < 1.29 is 9.53 Å². The van der Waals surface area contributed by atoms with Gasteiger partial charge in [0.15, 0.2) is 0 Å². The minimum absolute atomic E-state index is 0.212. The van der Waals surface area contributed by atoms with Crippen LogP contribution in [0.5, 0.6) is 0 Å². The molecule has 0 saturated carbocycles. The number of nitrogens with zero attached hydrogens (tertiary/aromatic N) is 3. The van der Waals surface area contributed by atoms with E-state index in [0.29, 0.717) is 35.9 Å². The van der Waals surface area contributed by atoms with E-state index in [2.05, 4.69) is 29.0 Å². The summed E-state index contributed by atoms with van der Waals surface area (Å²) in [6.07, 6.45) is 4.40. The Balaban J connectivity index is 1.94. The SMILES string of the molecule is CC(C)CCc1cc2c(cc1C=O)[nH]c(=O)c1nnc(C3CCOCC3)n12. The molecule has 1 saturated heterocycles. The van der Waals surface area contributed by atoms with Gasteiger partial charge in [-0.15, -0.1) is 10.2 Å². The van der Waals surface area contributed by atoms with Crippen LogP contribution in [0, 0.1) is 5.92 Å². The van der Waals surface area contributed by atoms with Crippen molar-refractivity contribution in [1.29, 1.82) is 0 Å². The minimum atomic E-state index is -0.292. The van der Waals surface area contributed by atoms with Gasteiger partial charge in [-0.25, -0.2) is 0 Å². The summed E-state index contributed by atoms with van der Waals surface area (Å²) in [7, 11) is 0. The minimum Gasteiger partial charge on any atom is -0.381 e. The monoisotopic (exact) mass is 368 g/mol. The van der Waals surface area contributed by atoms with Crippen molar-refractivity contribution in [2.45, 2.75) is 45.4 Å². The van der Waals surface area contributed by atoms with Gasteiger partial charge >= 0.3 is 0 Å². The molecule has 0 aliphatic carbocycles. The zero-order chi connectivity index (χ0) is 19.0. The Labute approximate surface area is 156 Å². The summed E-state index contributed by atoms with van der Waals surface area (Å²) < 4.78 is 7.33. The standard InChI is InChI=1S/C20H24N4O3/c1-12(2)3-4-14-10-17-16(9-15(14)11-25)21-20(26)19-23-22-18(24(17)19)13-5-7-27-8-6-13/h9-13H,3-8H2,1-2H3,(H,21,26). The fraction of sp³-hybridized carbons (Fsp3) is 0.500. The van der Waals surface area contributed by atoms with Crippen LogP contribution in [0.25, 0.3) is 16.7 Å². The molecule has 7 heteroatoms. The second-order valence-electron chi connectivity index (χ2n) is 7.68. The Kier molecular flexibility index (Phi) is 4.78. The molecule has 3 heterocycles. The Morgan fingerprint density at radius 2 is 2.07 bits per heavy atom. The highest BCUT2D eigenvalue weighted by atomic mass is 16.5. The van der Waals surface area contributed by atoms with Crippen molar-refractivity contribution in [2.24, 2.45) is 5.92 Å². The van der Waals surface area contributed by atoms with E-state index in [1.165, 1.54) is 0 Å². The number of aldehydes is 1. The highest BCUT2D eigenvalue weighted by Crippen LogP contribution is 2.28. The van der Waals surface area contributed by atoms with Gasteiger partial charge in [-0.3, -0.25) is 14.0 Å². The van der Waals surface area contributed by atoms with E-state index in [4.69, 9.17) is 4.74 Å². The first-order valence-electron chi connectivity index (χ1n) is 9.55. The van der Waals surface area contributed by atoms with E-state index in [-0.39, 0.29) is 11.5 Å². The van der Waals surface area contributed by atoms with E-state index < -0.39 is 0 Å². The highest BCUT2D eigenvalue weighted by molar-refractivity contribution is 5.88. The number of nitrogens with one attached hydrogen (secondary N) is 1. The lowest BCUT2D eigenvalue weighted by Crippen LogP contribution is -2.18. The summed E-state index contributed by atoms with van der Waals surface area (Å²) in [5, 5.41) is 8.49. The zero-order valence-corrected chi connectivity index (χ0v) is 15.7. The number of aromatic amines is 1. The number of benzene rings is 1. The summed E-state index contributed by atoms with van der Waals surface area (Å²) in [6, 6.07) is 3.78. The fourth-order valence-electron chi connectivity index (χ4n) is 3.78. The molecule has 27 heavy (non-hydrogen) atoms. The molecule has 0 atom stereocenters. The number of rotatable bonds is 5. The van der Waals surface area contributed by atoms with Gasteiger partial charge in [0.25, 0.3) is 5.56 Å². The Hall–Kier alpha value is -2.54. The zero-order valence-electron chi connectivity index (χ0n) is 15.7. The third-order valence-electron chi connectivity index (χ3n) is 5.34. The lowest BCUT2D eigenvalue weighted by atomic mass is 9.97. The van der Waals surface area contributed by atoms with Gasteiger partial charge in [0.1, 0.15) is 12.1 Å². The number of ether oxygens (including phenoxy) is 1. The first kappa shape index (κ1) is 17.9. The van der Waals surface area contributed by atoms with Crippen LogP contribution in [-0.2, 0) is 11.2 Å². The van der Waals surface area contributed by atoms with E-state index in [9.17, 15) is 9.59 Å². The number of hydrogen-bond acceptors (Lipinski definition) is 5. The molecule has 1 aliphatic rings. The van der Waals surface area contributed by atoms with Crippen LogP contribution < -0.4 is 5.56 Å². The van der Waals surface area contributed by atoms with Crippen molar-refractivity contribution in [2.75, 3.05) is 13.2 Å². The van der Waals surface area contributed by atoms with Gasteiger partial charge in [-0.2, -0.15) is 0 Å². The molecule has 0 bridgehead atoms. The summed E-state index contributed by atoms with van der Waals surface area (Å²) in [6.45, 7) is 5.71.